The van der Waals surface area contributed by atoms with E-state index in [9.17, 15) is 26.3 Å². The first-order chi connectivity index (χ1) is 56.0. The number of alkyl halides is 6. The fourth-order valence-corrected chi connectivity index (χ4v) is 14.6. The molecule has 12 aromatic carbocycles. The average Bonchev–Trinajstić information content (AvgIpc) is 0.771. The predicted molar refractivity (Wildman–Crippen MR) is 462 cm³/mol. The fourth-order valence-electron chi connectivity index (χ4n) is 14.6. The smallest absolute Gasteiger partial charge is 0.654 e. The molecular formula is C98H70F6Fe2N12. The van der Waals surface area contributed by atoms with E-state index in [1.54, 1.807) is 73.3 Å². The van der Waals surface area contributed by atoms with Crippen molar-refractivity contribution < 1.29 is 60.5 Å². The van der Waals surface area contributed by atoms with E-state index >= 15 is 0 Å². The number of hydrogen-bond donors (Lipinski definition) is 0. The molecule has 118 heavy (non-hydrogen) atoms. The van der Waals surface area contributed by atoms with Gasteiger partial charge in [-0.25, -0.2) is 0 Å². The number of para-hydroxylation sites is 4. The Morgan fingerprint density at radius 2 is 0.415 bits per heavy atom. The minimum atomic E-state index is -4.49. The molecule has 0 unspecified atom stereocenters. The zero-order valence-electron chi connectivity index (χ0n) is 64.4. The van der Waals surface area contributed by atoms with E-state index in [0.29, 0.717) is 55.0 Å². The Labute approximate surface area is 696 Å². The Morgan fingerprint density at radius 1 is 0.203 bits per heavy atom. The van der Waals surface area contributed by atoms with E-state index in [4.69, 9.17) is 20.6 Å². The van der Waals surface area contributed by atoms with E-state index in [-0.39, 0.29) is 56.3 Å². The van der Waals surface area contributed by atoms with Crippen molar-refractivity contribution in [3.05, 3.63) is 360 Å². The molecule has 580 valence electrons. The molecule has 0 amide bonds. The van der Waals surface area contributed by atoms with Gasteiger partial charge in [-0.2, -0.15) is 26.3 Å². The molecule has 20 rings (SSSR count). The van der Waals surface area contributed by atoms with Gasteiger partial charge >= 0.3 is 46.5 Å². The molecule has 8 aromatic heterocycles. The number of hydrogen-bond acceptors (Lipinski definition) is 8. The SMILES string of the molecule is CC(C)(C)c1cc([N-]c2cccc3cccnc23)c2ncc3ccccc3c2c1.CC(C)(C)c1cc([N-]c2cccc3cccnc23)c2ncc3ccccc3c2c1.FC(F)(F)c1cc([N-]c2cccc3cccnc23)c2ncc3ccccc3c2c1.FC(F)(F)c1cc([N-]c2cccc3cccnc23)c2ncc3ccccc3c2c1.[Fe+2].[Fe+2]. The average molecular weight is 1640 g/mol. The van der Waals surface area contributed by atoms with Crippen molar-refractivity contribution in [3.8, 4) is 0 Å². The summed E-state index contributed by atoms with van der Waals surface area (Å²) in [7, 11) is 0. The number of benzene rings is 12. The maximum absolute atomic E-state index is 13.6. The zero-order valence-corrected chi connectivity index (χ0v) is 66.6. The van der Waals surface area contributed by atoms with Crippen molar-refractivity contribution in [2.75, 3.05) is 0 Å². The largest absolute Gasteiger partial charge is 2.00 e. The van der Waals surface area contributed by atoms with Crippen LogP contribution in [0.1, 0.15) is 63.8 Å². The van der Waals surface area contributed by atoms with Gasteiger partial charge in [-0.15, -0.1) is 45.5 Å². The summed E-state index contributed by atoms with van der Waals surface area (Å²) in [5.74, 6) is 0. The van der Waals surface area contributed by atoms with Crippen molar-refractivity contribution >= 4 is 176 Å². The fraction of sp³-hybridized carbons (Fsp3) is 0.102. The van der Waals surface area contributed by atoms with E-state index in [1.807, 2.05) is 122 Å². The van der Waals surface area contributed by atoms with Crippen molar-refractivity contribution in [2.45, 2.75) is 64.7 Å². The molecular weight excluding hydrogens is 1570 g/mol. The molecule has 0 spiro atoms. The molecule has 0 bridgehead atoms. The van der Waals surface area contributed by atoms with Gasteiger partial charge in [0.25, 0.3) is 0 Å². The van der Waals surface area contributed by atoms with E-state index in [0.717, 1.165) is 123 Å². The van der Waals surface area contributed by atoms with E-state index in [1.165, 1.54) is 21.9 Å². The maximum Gasteiger partial charge on any atom is 2.00 e. The summed E-state index contributed by atoms with van der Waals surface area (Å²) >= 11 is 0. The minimum absolute atomic E-state index is 0. The molecule has 0 aliphatic rings. The molecule has 0 atom stereocenters. The Kier molecular flexibility index (Phi) is 22.2. The van der Waals surface area contributed by atoms with E-state index in [2.05, 4.69) is 179 Å². The Bertz CT molecular complexity index is 6340. The summed E-state index contributed by atoms with van der Waals surface area (Å²) < 4.78 is 81.7. The Balaban J connectivity index is 0.000000122. The normalized spacial score (nSPS) is 11.8. The third-order valence-electron chi connectivity index (χ3n) is 20.5. The van der Waals surface area contributed by atoms with Gasteiger partial charge in [-0.05, 0) is 114 Å². The van der Waals surface area contributed by atoms with Crippen molar-refractivity contribution in [1.82, 2.24) is 39.9 Å². The van der Waals surface area contributed by atoms with Crippen LogP contribution in [0.4, 0.5) is 71.8 Å². The van der Waals surface area contributed by atoms with Crippen molar-refractivity contribution in [2.24, 2.45) is 0 Å². The molecule has 0 fully saturated rings. The number of fused-ring (bicyclic) bond motifs is 16. The van der Waals surface area contributed by atoms with Crippen LogP contribution >= 0.6 is 0 Å². The van der Waals surface area contributed by atoms with Crippen LogP contribution in [-0.2, 0) is 57.3 Å². The quantitative estimate of drug-likeness (QED) is 0.0826. The topological polar surface area (TPSA) is 160 Å². The van der Waals surface area contributed by atoms with Crippen LogP contribution in [0.15, 0.2) is 316 Å². The second-order valence-corrected chi connectivity index (χ2v) is 30.3. The second-order valence-electron chi connectivity index (χ2n) is 30.3. The van der Waals surface area contributed by atoms with Gasteiger partial charge in [0.05, 0.1) is 55.3 Å². The standard InChI is InChI=1S/2C26H22N3.2C23H13F3N3.2Fe/c2*1-26(2,3)19-14-21-20-11-5-4-8-18(20)16-28-25(21)23(15-19)29-22-12-6-9-17-10-7-13-27-24(17)22;2*24-23(25,26)16-11-18-17-8-2-1-5-15(17)13-28-22(18)20(12-16)29-19-9-3-6-14-7-4-10-27-21(14)19;;/h2*4-16H,1-3H3;2*1-13H;;/q4*-1;2*+2. The van der Waals surface area contributed by atoms with Crippen molar-refractivity contribution in [3.63, 3.8) is 0 Å². The predicted octanol–water partition coefficient (Wildman–Crippen LogP) is 29.7. The van der Waals surface area contributed by atoms with Crippen molar-refractivity contribution in [1.29, 1.82) is 0 Å². The summed E-state index contributed by atoms with van der Waals surface area (Å²) in [6.07, 6.45) is 5.11. The molecule has 8 heterocycles. The first-order valence-corrected chi connectivity index (χ1v) is 37.7. The summed E-state index contributed by atoms with van der Waals surface area (Å²) in [5, 5.41) is 33.9. The van der Waals surface area contributed by atoms with Crippen LogP contribution in [0.3, 0.4) is 0 Å². The van der Waals surface area contributed by atoms with Gasteiger partial charge in [-0.1, -0.05) is 260 Å². The minimum Gasteiger partial charge on any atom is -0.654 e. The molecule has 20 aromatic rings. The Hall–Kier alpha value is -13.2. The second kappa shape index (κ2) is 32.8. The van der Waals surface area contributed by atoms with Crippen LogP contribution < -0.4 is 0 Å². The van der Waals surface area contributed by atoms with Crippen LogP contribution in [0.5, 0.6) is 0 Å². The summed E-state index contributed by atoms with van der Waals surface area (Å²) in [5.41, 5.74) is 11.6. The zero-order chi connectivity index (χ0) is 80.0. The van der Waals surface area contributed by atoms with Gasteiger partial charge in [0.15, 0.2) is 0 Å². The van der Waals surface area contributed by atoms with Crippen LogP contribution in [0, 0.1) is 0 Å². The van der Waals surface area contributed by atoms with Gasteiger partial charge in [0.1, 0.15) is 0 Å². The first kappa shape index (κ1) is 80.0. The van der Waals surface area contributed by atoms with Crippen LogP contribution in [0.25, 0.3) is 152 Å². The molecule has 12 nitrogen and oxygen atoms in total. The molecule has 0 saturated carbocycles. The Morgan fingerprint density at radius 3 is 0.653 bits per heavy atom. The van der Waals surface area contributed by atoms with Gasteiger partial charge in [-0.3, -0.25) is 39.9 Å². The molecule has 20 heteroatoms. The molecule has 0 N–H and O–H groups in total. The number of halogens is 6. The van der Waals surface area contributed by atoms with Gasteiger partial charge < -0.3 is 21.3 Å². The number of pyridine rings is 8. The molecule has 0 aliphatic carbocycles. The summed E-state index contributed by atoms with van der Waals surface area (Å²) in [6.45, 7) is 13.4. The summed E-state index contributed by atoms with van der Waals surface area (Å²) in [6, 6.07) is 83.1. The first-order valence-electron chi connectivity index (χ1n) is 37.7. The molecule has 0 aliphatic heterocycles. The third kappa shape index (κ3) is 16.4. The monoisotopic (exact) mass is 1640 g/mol. The number of nitrogens with zero attached hydrogens (tertiary/aromatic N) is 12. The number of rotatable bonds is 8. The van der Waals surface area contributed by atoms with Gasteiger partial charge in [0.2, 0.25) is 0 Å². The molecule has 0 saturated heterocycles. The molecule has 0 radical (unpaired) electrons. The third-order valence-corrected chi connectivity index (χ3v) is 20.5. The number of aromatic nitrogens is 8. The van der Waals surface area contributed by atoms with E-state index < -0.39 is 23.5 Å². The maximum atomic E-state index is 13.6. The van der Waals surface area contributed by atoms with Crippen LogP contribution in [-0.4, -0.2) is 39.9 Å². The van der Waals surface area contributed by atoms with Crippen LogP contribution in [0.2, 0.25) is 0 Å². The summed E-state index contributed by atoms with van der Waals surface area (Å²) in [4.78, 5) is 36.3. The van der Waals surface area contributed by atoms with Gasteiger partial charge in [0, 0.05) is 92.7 Å².